The molecule has 0 spiro atoms. The fourth-order valence-corrected chi connectivity index (χ4v) is 5.56. The van der Waals surface area contributed by atoms with Crippen LogP contribution in [0.25, 0.3) is 0 Å². The molecule has 1 atom stereocenters. The maximum Gasteiger partial charge on any atom is 0.246 e. The van der Waals surface area contributed by atoms with E-state index in [4.69, 9.17) is 4.42 Å². The van der Waals surface area contributed by atoms with Crippen LogP contribution in [0.15, 0.2) is 27.7 Å². The van der Waals surface area contributed by atoms with E-state index in [0.717, 1.165) is 18.6 Å². The lowest BCUT2D eigenvalue weighted by Gasteiger charge is -2.16. The molecule has 0 aromatic carbocycles. The number of sulfonamides is 1. The van der Waals surface area contributed by atoms with Crippen LogP contribution in [0.3, 0.4) is 0 Å². The Balaban J connectivity index is 1.61. The molecule has 2 aromatic rings. The van der Waals surface area contributed by atoms with E-state index in [-0.39, 0.29) is 23.3 Å². The summed E-state index contributed by atoms with van der Waals surface area (Å²) in [7, 11) is -3.53. The predicted octanol–water partition coefficient (Wildman–Crippen LogP) is 2.01. The number of carbonyl (C=O) groups is 1. The molecule has 8 nitrogen and oxygen atoms in total. The highest BCUT2D eigenvalue weighted by atomic mass is 32.2. The number of nitrogens with one attached hydrogen (secondary N) is 1. The van der Waals surface area contributed by atoms with Crippen LogP contribution < -0.4 is 5.32 Å². The van der Waals surface area contributed by atoms with Crippen molar-refractivity contribution in [2.45, 2.75) is 63.9 Å². The van der Waals surface area contributed by atoms with E-state index in [1.165, 1.54) is 4.31 Å². The van der Waals surface area contributed by atoms with Crippen molar-refractivity contribution in [2.24, 2.45) is 0 Å². The summed E-state index contributed by atoms with van der Waals surface area (Å²) in [5, 5.41) is 7.31. The lowest BCUT2D eigenvalue weighted by Crippen LogP contribution is -2.34. The highest BCUT2D eigenvalue weighted by molar-refractivity contribution is 7.89. The Morgan fingerprint density at radius 1 is 1.32 bits per heavy atom. The van der Waals surface area contributed by atoms with Gasteiger partial charge in [0.15, 0.2) is 0 Å². The monoisotopic (exact) mass is 408 g/mol. The van der Waals surface area contributed by atoms with Crippen molar-refractivity contribution >= 4 is 15.9 Å². The first-order valence-electron chi connectivity index (χ1n) is 9.65. The Hall–Kier alpha value is -2.13. The zero-order valence-electron chi connectivity index (χ0n) is 16.6. The number of amides is 1. The molecule has 3 rings (SSSR count). The van der Waals surface area contributed by atoms with Gasteiger partial charge in [0.2, 0.25) is 15.9 Å². The highest BCUT2D eigenvalue weighted by Crippen LogP contribution is 2.26. The van der Waals surface area contributed by atoms with Gasteiger partial charge in [-0.2, -0.15) is 9.40 Å². The molecule has 0 radical (unpaired) electrons. The first-order valence-corrected chi connectivity index (χ1v) is 11.1. The third kappa shape index (κ3) is 4.47. The van der Waals surface area contributed by atoms with Crippen LogP contribution in [0.4, 0.5) is 0 Å². The minimum atomic E-state index is -3.53. The average Bonchev–Trinajstić information content (AvgIpc) is 3.35. The summed E-state index contributed by atoms with van der Waals surface area (Å²) < 4.78 is 34.3. The molecule has 154 valence electrons. The van der Waals surface area contributed by atoms with Crippen LogP contribution in [-0.4, -0.2) is 47.5 Å². The quantitative estimate of drug-likeness (QED) is 0.721. The van der Waals surface area contributed by atoms with Gasteiger partial charge in [0.05, 0.1) is 24.2 Å². The van der Waals surface area contributed by atoms with E-state index in [1.807, 2.05) is 19.1 Å². The minimum Gasteiger partial charge on any atom is -0.469 e. The molecule has 1 aliphatic rings. The molecule has 1 N–H and O–H groups in total. The van der Waals surface area contributed by atoms with Crippen LogP contribution in [0.1, 0.15) is 43.3 Å². The Bertz CT molecular complexity index is 912. The molecule has 3 heterocycles. The second-order valence-electron chi connectivity index (χ2n) is 7.34. The fraction of sp³-hybridized carbons (Fsp3) is 0.579. The number of hydrogen-bond acceptors (Lipinski definition) is 5. The zero-order chi connectivity index (χ0) is 20.3. The normalized spacial score (nSPS) is 16.4. The SMILES string of the molecule is Cc1nn(CCC(=O)NC(C)Cc2ccco2)c(C)c1S(=O)(=O)N1CCCC1. The molecule has 1 unspecified atom stereocenters. The largest absolute Gasteiger partial charge is 0.469 e. The van der Waals surface area contributed by atoms with E-state index in [2.05, 4.69) is 10.4 Å². The van der Waals surface area contributed by atoms with Crippen molar-refractivity contribution in [3.63, 3.8) is 0 Å². The second kappa shape index (κ2) is 8.48. The van der Waals surface area contributed by atoms with Gasteiger partial charge in [-0.05, 0) is 45.7 Å². The zero-order valence-corrected chi connectivity index (χ0v) is 17.5. The standard InChI is InChI=1S/C19H28N4O4S/c1-14(13-17-7-6-12-27-17)20-18(24)8-11-23-16(3)19(15(2)21-23)28(25,26)22-9-4-5-10-22/h6-7,12,14H,4-5,8-11,13H2,1-3H3,(H,20,24). The number of carbonyl (C=O) groups excluding carboxylic acids is 1. The molecule has 0 aliphatic carbocycles. The van der Waals surface area contributed by atoms with Crippen molar-refractivity contribution in [2.75, 3.05) is 13.1 Å². The molecule has 28 heavy (non-hydrogen) atoms. The topological polar surface area (TPSA) is 97.4 Å². The van der Waals surface area contributed by atoms with Gasteiger partial charge in [-0.25, -0.2) is 8.42 Å². The van der Waals surface area contributed by atoms with Gasteiger partial charge >= 0.3 is 0 Å². The predicted molar refractivity (Wildman–Crippen MR) is 104 cm³/mol. The molecule has 1 fully saturated rings. The number of aromatic nitrogens is 2. The van der Waals surface area contributed by atoms with Gasteiger partial charge in [-0.1, -0.05) is 0 Å². The molecule has 1 amide bonds. The number of furan rings is 1. The number of rotatable bonds is 8. The molecule has 0 saturated carbocycles. The smallest absolute Gasteiger partial charge is 0.246 e. The summed E-state index contributed by atoms with van der Waals surface area (Å²) in [6, 6.07) is 3.65. The second-order valence-corrected chi connectivity index (χ2v) is 9.21. The van der Waals surface area contributed by atoms with Crippen molar-refractivity contribution < 1.29 is 17.6 Å². The van der Waals surface area contributed by atoms with E-state index >= 15 is 0 Å². The van der Waals surface area contributed by atoms with E-state index < -0.39 is 10.0 Å². The van der Waals surface area contributed by atoms with Crippen LogP contribution in [-0.2, 0) is 27.8 Å². The van der Waals surface area contributed by atoms with Crippen molar-refractivity contribution in [3.8, 4) is 0 Å². The lowest BCUT2D eigenvalue weighted by molar-refractivity contribution is -0.121. The van der Waals surface area contributed by atoms with Crippen molar-refractivity contribution in [1.29, 1.82) is 0 Å². The first-order chi connectivity index (χ1) is 13.3. The third-order valence-electron chi connectivity index (χ3n) is 5.02. The van der Waals surface area contributed by atoms with E-state index in [1.54, 1.807) is 24.8 Å². The van der Waals surface area contributed by atoms with Crippen molar-refractivity contribution in [3.05, 3.63) is 35.5 Å². The Labute approximate surface area is 165 Å². The first kappa shape index (κ1) is 20.6. The molecule has 0 bridgehead atoms. The van der Waals surface area contributed by atoms with Crippen LogP contribution in [0.5, 0.6) is 0 Å². The van der Waals surface area contributed by atoms with Crippen molar-refractivity contribution in [1.82, 2.24) is 19.4 Å². The summed E-state index contributed by atoms with van der Waals surface area (Å²) in [5.74, 6) is 0.721. The highest BCUT2D eigenvalue weighted by Gasteiger charge is 2.32. The number of hydrogen-bond donors (Lipinski definition) is 1. The maximum atomic E-state index is 12.9. The Kier molecular flexibility index (Phi) is 6.24. The summed E-state index contributed by atoms with van der Waals surface area (Å²) in [6.45, 7) is 6.83. The van der Waals surface area contributed by atoms with Crippen LogP contribution >= 0.6 is 0 Å². The average molecular weight is 409 g/mol. The van der Waals surface area contributed by atoms with Gasteiger partial charge in [0, 0.05) is 32.0 Å². The summed E-state index contributed by atoms with van der Waals surface area (Å²) >= 11 is 0. The Morgan fingerprint density at radius 3 is 2.68 bits per heavy atom. The summed E-state index contributed by atoms with van der Waals surface area (Å²) in [6.07, 6.45) is 4.24. The number of aryl methyl sites for hydroxylation is 2. The third-order valence-corrected chi connectivity index (χ3v) is 7.18. The molecular formula is C19H28N4O4S. The molecule has 1 aliphatic heterocycles. The van der Waals surface area contributed by atoms with Crippen LogP contribution in [0.2, 0.25) is 0 Å². The van der Waals surface area contributed by atoms with Gasteiger partial charge in [0.25, 0.3) is 0 Å². The fourth-order valence-electron chi connectivity index (χ4n) is 3.67. The van der Waals surface area contributed by atoms with Gasteiger partial charge in [0.1, 0.15) is 10.7 Å². The minimum absolute atomic E-state index is 0.0507. The molecule has 9 heteroatoms. The molecular weight excluding hydrogens is 380 g/mol. The van der Waals surface area contributed by atoms with E-state index in [0.29, 0.717) is 37.4 Å². The van der Waals surface area contributed by atoms with Crippen LogP contribution in [0, 0.1) is 13.8 Å². The van der Waals surface area contributed by atoms with E-state index in [9.17, 15) is 13.2 Å². The maximum absolute atomic E-state index is 12.9. The number of nitrogens with zero attached hydrogens (tertiary/aromatic N) is 3. The van der Waals surface area contributed by atoms with Gasteiger partial charge in [-0.3, -0.25) is 9.48 Å². The van der Waals surface area contributed by atoms with Gasteiger partial charge in [-0.15, -0.1) is 0 Å². The summed E-state index contributed by atoms with van der Waals surface area (Å²) in [4.78, 5) is 12.5. The Morgan fingerprint density at radius 2 is 2.04 bits per heavy atom. The van der Waals surface area contributed by atoms with Gasteiger partial charge < -0.3 is 9.73 Å². The molecule has 2 aromatic heterocycles. The lowest BCUT2D eigenvalue weighted by atomic mass is 10.2. The molecule has 1 saturated heterocycles. The summed E-state index contributed by atoms with van der Waals surface area (Å²) in [5.41, 5.74) is 1.07.